The number of hydrogen-bond donors (Lipinski definition) is 1. The lowest BCUT2D eigenvalue weighted by molar-refractivity contribution is 0.103. The zero-order valence-corrected chi connectivity index (χ0v) is 12.7. The normalized spacial score (nSPS) is 10.6. The summed E-state index contributed by atoms with van der Waals surface area (Å²) in [4.78, 5) is 17.2. The molecule has 106 valence electrons. The summed E-state index contributed by atoms with van der Waals surface area (Å²) < 4.78 is 13.1. The van der Waals surface area contributed by atoms with Crippen molar-refractivity contribution in [2.75, 3.05) is 5.32 Å². The fraction of sp³-hybridized carbons (Fsp3) is 0.0667. The van der Waals surface area contributed by atoms with Crippen molar-refractivity contribution in [1.82, 2.24) is 4.98 Å². The second-order valence-electron chi connectivity index (χ2n) is 4.41. The van der Waals surface area contributed by atoms with Crippen LogP contribution in [0.15, 0.2) is 41.1 Å². The zero-order chi connectivity index (χ0) is 14.8. The molecule has 0 aliphatic heterocycles. The van der Waals surface area contributed by atoms with Crippen LogP contribution in [0, 0.1) is 12.7 Å². The maximum absolute atomic E-state index is 13.1. The predicted molar refractivity (Wildman–Crippen MR) is 84.5 cm³/mol. The smallest absolute Gasteiger partial charge is 0.267 e. The quantitative estimate of drug-likeness (QED) is 0.768. The fourth-order valence-corrected chi connectivity index (χ4v) is 3.54. The van der Waals surface area contributed by atoms with Crippen LogP contribution in [-0.4, -0.2) is 10.9 Å². The Labute approximate surface area is 129 Å². The molecule has 3 rings (SSSR count). The van der Waals surface area contributed by atoms with Crippen LogP contribution in [0.4, 0.5) is 10.1 Å². The number of nitrogens with zero attached hydrogens (tertiary/aromatic N) is 1. The Morgan fingerprint density at radius 2 is 2.19 bits per heavy atom. The molecule has 0 unspecified atom stereocenters. The van der Waals surface area contributed by atoms with Crippen molar-refractivity contribution in [2.45, 2.75) is 6.92 Å². The van der Waals surface area contributed by atoms with Gasteiger partial charge in [0.25, 0.3) is 5.91 Å². The first-order valence-electron chi connectivity index (χ1n) is 6.20. The Morgan fingerprint density at radius 3 is 2.90 bits per heavy atom. The van der Waals surface area contributed by atoms with E-state index in [0.29, 0.717) is 16.3 Å². The average molecular weight is 318 g/mol. The van der Waals surface area contributed by atoms with Crippen LogP contribution in [0.25, 0.3) is 10.6 Å². The number of nitrogens with one attached hydrogen (secondary N) is 1. The summed E-state index contributed by atoms with van der Waals surface area (Å²) in [6, 6.07) is 7.80. The molecule has 0 saturated heterocycles. The number of carbonyl (C=O) groups is 1. The zero-order valence-electron chi connectivity index (χ0n) is 11.1. The SMILES string of the molecule is Cc1nc(-c2ccsc2)sc1C(=O)Nc1cccc(F)c1. The lowest BCUT2D eigenvalue weighted by Crippen LogP contribution is -2.11. The molecule has 21 heavy (non-hydrogen) atoms. The predicted octanol–water partition coefficient (Wildman–Crippen LogP) is 4.57. The van der Waals surface area contributed by atoms with E-state index in [1.54, 1.807) is 30.4 Å². The van der Waals surface area contributed by atoms with Gasteiger partial charge in [-0.25, -0.2) is 9.37 Å². The Hall–Kier alpha value is -2.05. The Balaban J connectivity index is 1.85. The highest BCUT2D eigenvalue weighted by molar-refractivity contribution is 7.17. The van der Waals surface area contributed by atoms with Gasteiger partial charge in [0.15, 0.2) is 0 Å². The van der Waals surface area contributed by atoms with E-state index in [4.69, 9.17) is 0 Å². The number of hydrogen-bond acceptors (Lipinski definition) is 4. The topological polar surface area (TPSA) is 42.0 Å². The van der Waals surface area contributed by atoms with Gasteiger partial charge >= 0.3 is 0 Å². The molecule has 1 N–H and O–H groups in total. The van der Waals surface area contributed by atoms with Gasteiger partial charge in [-0.3, -0.25) is 4.79 Å². The van der Waals surface area contributed by atoms with Crippen LogP contribution in [0.1, 0.15) is 15.4 Å². The van der Waals surface area contributed by atoms with E-state index in [2.05, 4.69) is 10.3 Å². The molecular weight excluding hydrogens is 307 g/mol. The first kappa shape index (κ1) is 13.9. The molecule has 0 saturated carbocycles. The number of rotatable bonds is 3. The van der Waals surface area contributed by atoms with Gasteiger partial charge in [0.05, 0.1) is 5.69 Å². The molecule has 1 aromatic carbocycles. The van der Waals surface area contributed by atoms with Crippen molar-refractivity contribution < 1.29 is 9.18 Å². The average Bonchev–Trinajstić information content (AvgIpc) is 3.07. The van der Waals surface area contributed by atoms with Crippen LogP contribution in [0.2, 0.25) is 0 Å². The third-order valence-corrected chi connectivity index (χ3v) is 4.74. The van der Waals surface area contributed by atoms with Crippen molar-refractivity contribution in [3.8, 4) is 10.6 Å². The number of benzene rings is 1. The largest absolute Gasteiger partial charge is 0.321 e. The van der Waals surface area contributed by atoms with Gasteiger partial charge in [0.1, 0.15) is 15.7 Å². The monoisotopic (exact) mass is 318 g/mol. The standard InChI is InChI=1S/C15H11FN2OS2/c1-9-13(21-15(17-9)10-5-6-20-8-10)14(19)18-12-4-2-3-11(16)7-12/h2-8H,1H3,(H,18,19). The Morgan fingerprint density at radius 1 is 1.33 bits per heavy atom. The fourth-order valence-electron chi connectivity index (χ4n) is 1.87. The summed E-state index contributed by atoms with van der Waals surface area (Å²) in [7, 11) is 0. The maximum atomic E-state index is 13.1. The number of anilines is 1. The van der Waals surface area contributed by atoms with Gasteiger partial charge in [-0.15, -0.1) is 11.3 Å². The van der Waals surface area contributed by atoms with E-state index in [9.17, 15) is 9.18 Å². The molecule has 3 nitrogen and oxygen atoms in total. The van der Waals surface area contributed by atoms with E-state index in [1.165, 1.54) is 23.5 Å². The van der Waals surface area contributed by atoms with Crippen molar-refractivity contribution in [3.05, 3.63) is 57.5 Å². The minimum atomic E-state index is -0.382. The summed E-state index contributed by atoms with van der Waals surface area (Å²) in [5, 5.41) is 7.47. The van der Waals surface area contributed by atoms with Crippen LogP contribution in [0.5, 0.6) is 0 Å². The van der Waals surface area contributed by atoms with Crippen LogP contribution in [-0.2, 0) is 0 Å². The Kier molecular flexibility index (Phi) is 3.81. The van der Waals surface area contributed by atoms with Crippen LogP contribution < -0.4 is 5.32 Å². The molecule has 0 aliphatic rings. The van der Waals surface area contributed by atoms with E-state index in [0.717, 1.165) is 10.6 Å². The van der Waals surface area contributed by atoms with Crippen molar-refractivity contribution >= 4 is 34.3 Å². The first-order chi connectivity index (χ1) is 10.1. The highest BCUT2D eigenvalue weighted by Gasteiger charge is 2.16. The molecule has 0 aliphatic carbocycles. The molecule has 0 radical (unpaired) electrons. The third-order valence-electron chi connectivity index (χ3n) is 2.85. The lowest BCUT2D eigenvalue weighted by atomic mass is 10.3. The van der Waals surface area contributed by atoms with Gasteiger partial charge in [0, 0.05) is 16.6 Å². The van der Waals surface area contributed by atoms with Gasteiger partial charge in [0.2, 0.25) is 0 Å². The third kappa shape index (κ3) is 3.01. The number of halogens is 1. The number of carbonyl (C=O) groups excluding carboxylic acids is 1. The maximum Gasteiger partial charge on any atom is 0.267 e. The van der Waals surface area contributed by atoms with Crippen LogP contribution in [0.3, 0.4) is 0 Å². The second kappa shape index (κ2) is 5.75. The number of aromatic nitrogens is 1. The van der Waals surface area contributed by atoms with Gasteiger partial charge in [-0.05, 0) is 36.6 Å². The van der Waals surface area contributed by atoms with E-state index < -0.39 is 0 Å². The van der Waals surface area contributed by atoms with Crippen molar-refractivity contribution in [1.29, 1.82) is 0 Å². The van der Waals surface area contributed by atoms with E-state index in [1.807, 2.05) is 16.8 Å². The molecule has 1 amide bonds. The number of thiophene rings is 1. The van der Waals surface area contributed by atoms with Gasteiger partial charge < -0.3 is 5.32 Å². The molecule has 6 heteroatoms. The van der Waals surface area contributed by atoms with E-state index in [-0.39, 0.29) is 11.7 Å². The van der Waals surface area contributed by atoms with Crippen LogP contribution >= 0.6 is 22.7 Å². The summed E-state index contributed by atoms with van der Waals surface area (Å²) >= 11 is 2.93. The Bertz CT molecular complexity index is 781. The molecule has 2 aromatic heterocycles. The summed E-state index contributed by atoms with van der Waals surface area (Å²) in [6.07, 6.45) is 0. The first-order valence-corrected chi connectivity index (χ1v) is 7.96. The summed E-state index contributed by atoms with van der Waals surface area (Å²) in [6.45, 7) is 1.80. The highest BCUT2D eigenvalue weighted by Crippen LogP contribution is 2.29. The minimum Gasteiger partial charge on any atom is -0.321 e. The molecule has 2 heterocycles. The summed E-state index contributed by atoms with van der Waals surface area (Å²) in [5.41, 5.74) is 2.12. The molecular formula is C15H11FN2OS2. The number of thiazole rings is 1. The molecule has 0 fully saturated rings. The molecule has 3 aromatic rings. The highest BCUT2D eigenvalue weighted by atomic mass is 32.1. The lowest BCUT2D eigenvalue weighted by Gasteiger charge is -2.03. The van der Waals surface area contributed by atoms with Crippen molar-refractivity contribution in [2.24, 2.45) is 0 Å². The molecule has 0 atom stereocenters. The number of aryl methyl sites for hydroxylation is 1. The number of amides is 1. The minimum absolute atomic E-state index is 0.267. The van der Waals surface area contributed by atoms with Crippen molar-refractivity contribution in [3.63, 3.8) is 0 Å². The molecule has 0 spiro atoms. The second-order valence-corrected chi connectivity index (χ2v) is 6.19. The molecule has 0 bridgehead atoms. The van der Waals surface area contributed by atoms with E-state index >= 15 is 0 Å². The summed E-state index contributed by atoms with van der Waals surface area (Å²) in [5.74, 6) is -0.648. The van der Waals surface area contributed by atoms with Gasteiger partial charge in [-0.2, -0.15) is 11.3 Å². The van der Waals surface area contributed by atoms with Gasteiger partial charge in [-0.1, -0.05) is 6.07 Å².